The fourth-order valence-corrected chi connectivity index (χ4v) is 5.44. The van der Waals surface area contributed by atoms with Gasteiger partial charge in [0.1, 0.15) is 5.75 Å². The minimum atomic E-state index is -4.34. The average Bonchev–Trinajstić information content (AvgIpc) is 3.31. The molecule has 3 rings (SSSR count). The van der Waals surface area contributed by atoms with E-state index in [9.17, 15) is 23.4 Å². The summed E-state index contributed by atoms with van der Waals surface area (Å²) in [5.41, 5.74) is 1.72. The van der Waals surface area contributed by atoms with Crippen LogP contribution >= 0.6 is 0 Å². The zero-order valence-electron chi connectivity index (χ0n) is 20.8. The average molecular weight is 517 g/mol. The maximum absolute atomic E-state index is 13.1. The molecule has 36 heavy (non-hydrogen) atoms. The second-order valence-corrected chi connectivity index (χ2v) is 11.0. The molecule has 3 N–H and O–H groups in total. The first kappa shape index (κ1) is 27.9. The zero-order valence-corrected chi connectivity index (χ0v) is 21.6. The molecule has 0 saturated heterocycles. The van der Waals surface area contributed by atoms with Crippen LogP contribution < -0.4 is 9.50 Å². The molecule has 0 radical (unpaired) electrons. The Morgan fingerprint density at radius 1 is 1.14 bits per heavy atom. The van der Waals surface area contributed by atoms with Gasteiger partial charge in [0.15, 0.2) is 0 Å². The number of hydrogen-bond donors (Lipinski definition) is 3. The number of rotatable bonds is 13. The number of aliphatic hydroxyl groups is 2. The van der Waals surface area contributed by atoms with Crippen molar-refractivity contribution in [3.63, 3.8) is 0 Å². The van der Waals surface area contributed by atoms with Crippen molar-refractivity contribution >= 4 is 16.2 Å². The third kappa shape index (κ3) is 8.74. The van der Waals surface area contributed by atoms with Crippen LogP contribution in [0.4, 0.5) is 0 Å². The SMILES string of the molecule is Cc1cccc(OS(=O)(=O)N(C[C@@H](O)[C@H](Cc2ccccc2)NC(=O)C[C@H]2C=CCC2)C[C@@H](C)O)c1. The standard InChI is InChI=1S/C27H36N2O6S/c1-20-9-8-14-24(15-20)35-36(33,34)29(18-21(2)30)19-26(31)25(16-22-10-4-3-5-11-22)28-27(32)17-23-12-6-7-13-23/h3-6,8-12,14-15,21,23,25-26,30-31H,7,13,16-19H2,1-2H3,(H,28,32)/t21-,23+,25+,26-/m1/s1. The van der Waals surface area contributed by atoms with Gasteiger partial charge in [-0.3, -0.25) is 4.79 Å². The topological polar surface area (TPSA) is 116 Å². The van der Waals surface area contributed by atoms with Crippen LogP contribution in [0.25, 0.3) is 0 Å². The van der Waals surface area contributed by atoms with Gasteiger partial charge in [0.25, 0.3) is 0 Å². The van der Waals surface area contributed by atoms with Gasteiger partial charge in [-0.2, -0.15) is 12.7 Å². The number of aryl methyl sites for hydroxylation is 1. The van der Waals surface area contributed by atoms with Crippen LogP contribution in [0.2, 0.25) is 0 Å². The van der Waals surface area contributed by atoms with E-state index in [-0.39, 0.29) is 30.7 Å². The van der Waals surface area contributed by atoms with E-state index in [1.165, 1.54) is 13.0 Å². The quantitative estimate of drug-likeness (QED) is 0.353. The monoisotopic (exact) mass is 516 g/mol. The molecule has 2 aromatic carbocycles. The van der Waals surface area contributed by atoms with Crippen LogP contribution in [0, 0.1) is 12.8 Å². The second-order valence-electron chi connectivity index (χ2n) is 9.42. The van der Waals surface area contributed by atoms with Gasteiger partial charge in [0, 0.05) is 19.5 Å². The summed E-state index contributed by atoms with van der Waals surface area (Å²) in [4.78, 5) is 12.8. The van der Waals surface area contributed by atoms with Gasteiger partial charge >= 0.3 is 10.3 Å². The molecule has 1 aliphatic rings. The summed E-state index contributed by atoms with van der Waals surface area (Å²) in [7, 11) is -4.34. The molecular weight excluding hydrogens is 480 g/mol. The Morgan fingerprint density at radius 3 is 2.53 bits per heavy atom. The van der Waals surface area contributed by atoms with Crippen molar-refractivity contribution in [2.45, 2.75) is 57.8 Å². The van der Waals surface area contributed by atoms with Crippen LogP contribution in [-0.4, -0.2) is 60.2 Å². The minimum absolute atomic E-state index is 0.138. The Hall–Kier alpha value is -2.72. The highest BCUT2D eigenvalue weighted by molar-refractivity contribution is 7.84. The van der Waals surface area contributed by atoms with Crippen LogP contribution in [0.1, 0.15) is 37.3 Å². The molecular formula is C27H36N2O6S. The lowest BCUT2D eigenvalue weighted by atomic mass is 9.99. The Balaban J connectivity index is 1.77. The second kappa shape index (κ2) is 13.0. The normalized spacial score (nSPS) is 18.1. The van der Waals surface area contributed by atoms with Gasteiger partial charge in [-0.25, -0.2) is 0 Å². The molecule has 4 atom stereocenters. The van der Waals surface area contributed by atoms with Gasteiger partial charge in [0.05, 0.1) is 18.2 Å². The molecule has 1 aliphatic carbocycles. The van der Waals surface area contributed by atoms with Crippen molar-refractivity contribution in [1.82, 2.24) is 9.62 Å². The summed E-state index contributed by atoms with van der Waals surface area (Å²) in [5.74, 6) is 0.0978. The fourth-order valence-electron chi connectivity index (χ4n) is 4.25. The predicted octanol–water partition coefficient (Wildman–Crippen LogP) is 2.75. The Labute approximate surface area is 213 Å². The van der Waals surface area contributed by atoms with Crippen molar-refractivity contribution in [2.24, 2.45) is 5.92 Å². The molecule has 8 nitrogen and oxygen atoms in total. The summed E-state index contributed by atoms with van der Waals surface area (Å²) >= 11 is 0. The lowest BCUT2D eigenvalue weighted by Crippen LogP contribution is -2.52. The molecule has 0 unspecified atom stereocenters. The van der Waals surface area contributed by atoms with Crippen molar-refractivity contribution in [3.8, 4) is 5.75 Å². The van der Waals surface area contributed by atoms with Crippen LogP contribution in [0.5, 0.6) is 5.75 Å². The molecule has 0 heterocycles. The number of benzene rings is 2. The number of nitrogens with one attached hydrogen (secondary N) is 1. The first-order chi connectivity index (χ1) is 17.1. The van der Waals surface area contributed by atoms with Crippen molar-refractivity contribution in [1.29, 1.82) is 0 Å². The largest absolute Gasteiger partial charge is 0.392 e. The number of carbonyl (C=O) groups excluding carboxylic acids is 1. The summed E-state index contributed by atoms with van der Waals surface area (Å²) in [6, 6.07) is 15.2. The minimum Gasteiger partial charge on any atom is -0.392 e. The Bertz CT molecular complexity index is 1120. The van der Waals surface area contributed by atoms with Crippen molar-refractivity contribution < 1.29 is 27.6 Å². The third-order valence-electron chi connectivity index (χ3n) is 6.04. The first-order valence-electron chi connectivity index (χ1n) is 12.2. The highest BCUT2D eigenvalue weighted by Crippen LogP contribution is 2.21. The molecule has 196 valence electrons. The summed E-state index contributed by atoms with van der Waals surface area (Å²) in [5, 5.41) is 24.0. The van der Waals surface area contributed by atoms with E-state index in [4.69, 9.17) is 4.18 Å². The van der Waals surface area contributed by atoms with E-state index in [1.807, 2.05) is 49.4 Å². The summed E-state index contributed by atoms with van der Waals surface area (Å²) in [6.45, 7) is 2.64. The van der Waals surface area contributed by atoms with Crippen molar-refractivity contribution in [2.75, 3.05) is 13.1 Å². The zero-order chi connectivity index (χ0) is 26.1. The molecule has 0 aliphatic heterocycles. The van der Waals surface area contributed by atoms with E-state index in [2.05, 4.69) is 11.4 Å². The first-order valence-corrected chi connectivity index (χ1v) is 13.6. The Kier molecular flexibility index (Phi) is 10.1. The summed E-state index contributed by atoms with van der Waals surface area (Å²) < 4.78 is 32.4. The van der Waals surface area contributed by atoms with Gasteiger partial charge in [-0.15, -0.1) is 0 Å². The number of hydrogen-bond acceptors (Lipinski definition) is 6. The van der Waals surface area contributed by atoms with E-state index < -0.39 is 28.6 Å². The van der Waals surface area contributed by atoms with Gasteiger partial charge < -0.3 is 19.7 Å². The molecule has 0 aromatic heterocycles. The summed E-state index contributed by atoms with van der Waals surface area (Å²) in [6.07, 6.45) is 4.32. The molecule has 9 heteroatoms. The third-order valence-corrected chi connectivity index (χ3v) is 7.37. The maximum Gasteiger partial charge on any atom is 0.385 e. The lowest BCUT2D eigenvalue weighted by molar-refractivity contribution is -0.123. The molecule has 0 bridgehead atoms. The number of nitrogens with zero attached hydrogens (tertiary/aromatic N) is 1. The molecule has 1 amide bonds. The highest BCUT2D eigenvalue weighted by Gasteiger charge is 2.32. The van der Waals surface area contributed by atoms with E-state index >= 15 is 0 Å². The van der Waals surface area contributed by atoms with Crippen LogP contribution in [0.3, 0.4) is 0 Å². The number of allylic oxidation sites excluding steroid dienone is 2. The van der Waals surface area contributed by atoms with Gasteiger partial charge in [-0.1, -0.05) is 54.6 Å². The number of aliphatic hydroxyl groups excluding tert-OH is 2. The molecule has 0 spiro atoms. The predicted molar refractivity (Wildman–Crippen MR) is 139 cm³/mol. The highest BCUT2D eigenvalue weighted by atomic mass is 32.2. The fraction of sp³-hybridized carbons (Fsp3) is 0.444. The van der Waals surface area contributed by atoms with Gasteiger partial charge in [-0.05, 0) is 62.3 Å². The molecule has 2 aromatic rings. The van der Waals surface area contributed by atoms with E-state index in [1.54, 1.807) is 12.1 Å². The Morgan fingerprint density at radius 2 is 1.89 bits per heavy atom. The van der Waals surface area contributed by atoms with Crippen LogP contribution in [-0.2, 0) is 21.5 Å². The number of carbonyl (C=O) groups is 1. The van der Waals surface area contributed by atoms with Gasteiger partial charge in [0.2, 0.25) is 5.91 Å². The lowest BCUT2D eigenvalue weighted by Gasteiger charge is -2.30. The van der Waals surface area contributed by atoms with E-state index in [0.29, 0.717) is 12.8 Å². The molecule has 0 saturated carbocycles. The smallest absolute Gasteiger partial charge is 0.385 e. The number of amides is 1. The molecule has 0 fully saturated rings. The van der Waals surface area contributed by atoms with Crippen molar-refractivity contribution in [3.05, 3.63) is 77.9 Å². The van der Waals surface area contributed by atoms with E-state index in [0.717, 1.165) is 28.3 Å². The van der Waals surface area contributed by atoms with Crippen LogP contribution in [0.15, 0.2) is 66.7 Å². The maximum atomic E-state index is 13.1.